The summed E-state index contributed by atoms with van der Waals surface area (Å²) >= 11 is 3.38. The maximum Gasteiger partial charge on any atom is 0.263 e. The van der Waals surface area contributed by atoms with Crippen molar-refractivity contribution in [2.24, 2.45) is 0 Å². The molecule has 0 fully saturated rings. The number of nitrogens with zero attached hydrogens (tertiary/aromatic N) is 1. The van der Waals surface area contributed by atoms with Gasteiger partial charge in [0, 0.05) is 16.5 Å². The van der Waals surface area contributed by atoms with E-state index in [1.807, 2.05) is 45.0 Å². The highest BCUT2D eigenvalue weighted by Gasteiger charge is 2.32. The van der Waals surface area contributed by atoms with Crippen molar-refractivity contribution >= 4 is 27.7 Å². The summed E-state index contributed by atoms with van der Waals surface area (Å²) in [4.78, 5) is 16.4. The van der Waals surface area contributed by atoms with Crippen LogP contribution < -0.4 is 14.8 Å². The third-order valence-corrected chi connectivity index (χ3v) is 4.54. The third-order valence-electron chi connectivity index (χ3n) is 3.70. The second-order valence-corrected chi connectivity index (χ2v) is 7.24. The van der Waals surface area contributed by atoms with Gasteiger partial charge in [-0.1, -0.05) is 12.1 Å². The Morgan fingerprint density at radius 1 is 1.38 bits per heavy atom. The molecule has 0 saturated carbocycles. The lowest BCUT2D eigenvalue weighted by molar-refractivity contribution is -0.118. The summed E-state index contributed by atoms with van der Waals surface area (Å²) in [6.07, 6.45) is 0.827. The first kappa shape index (κ1) is 16.8. The van der Waals surface area contributed by atoms with Crippen LogP contribution in [0.15, 0.2) is 34.8 Å². The number of para-hydroxylation sites is 1. The molecule has 0 unspecified atom stereocenters. The molecule has 0 saturated heterocycles. The number of aromatic nitrogens is 1. The Bertz CT molecular complexity index is 790. The highest BCUT2D eigenvalue weighted by Crippen LogP contribution is 2.41. The average molecular weight is 391 g/mol. The van der Waals surface area contributed by atoms with Gasteiger partial charge in [0.2, 0.25) is 0 Å². The lowest BCUT2D eigenvalue weighted by atomic mass is 10.0. The van der Waals surface area contributed by atoms with Gasteiger partial charge < -0.3 is 14.8 Å². The van der Waals surface area contributed by atoms with Crippen LogP contribution in [0.4, 0.5) is 5.82 Å². The predicted molar refractivity (Wildman–Crippen MR) is 95.7 cm³/mol. The number of carbonyl (C=O) groups is 1. The molecule has 0 atom stereocenters. The van der Waals surface area contributed by atoms with Crippen molar-refractivity contribution in [2.45, 2.75) is 32.8 Å². The number of anilines is 1. The molecule has 1 aliphatic heterocycles. The van der Waals surface area contributed by atoms with E-state index < -0.39 is 0 Å². The van der Waals surface area contributed by atoms with Crippen molar-refractivity contribution in [3.05, 3.63) is 46.1 Å². The van der Waals surface area contributed by atoms with Gasteiger partial charge in [-0.05, 0) is 54.9 Å². The number of hydrogen-bond acceptors (Lipinski definition) is 4. The normalized spacial score (nSPS) is 14.7. The molecule has 1 aromatic carbocycles. The highest BCUT2D eigenvalue weighted by molar-refractivity contribution is 9.10. The molecule has 0 bridgehead atoms. The minimum absolute atomic E-state index is 0.100. The minimum Gasteiger partial charge on any atom is -0.483 e. The number of hydrogen-bond donors (Lipinski definition) is 1. The van der Waals surface area contributed by atoms with Gasteiger partial charge in [-0.3, -0.25) is 4.79 Å². The summed E-state index contributed by atoms with van der Waals surface area (Å²) in [5, 5.41) is 2.73. The van der Waals surface area contributed by atoms with Crippen LogP contribution >= 0.6 is 15.9 Å². The Morgan fingerprint density at radius 3 is 2.92 bits per heavy atom. The van der Waals surface area contributed by atoms with Crippen LogP contribution in [0.2, 0.25) is 0 Å². The van der Waals surface area contributed by atoms with E-state index in [0.717, 1.165) is 27.9 Å². The van der Waals surface area contributed by atoms with E-state index in [0.29, 0.717) is 11.6 Å². The Hall–Kier alpha value is -2.08. The first-order valence-corrected chi connectivity index (χ1v) is 8.50. The molecular weight excluding hydrogens is 372 g/mol. The summed E-state index contributed by atoms with van der Waals surface area (Å²) in [5.74, 6) is 1.56. The maximum absolute atomic E-state index is 12.1. The third kappa shape index (κ3) is 3.70. The number of halogens is 1. The molecule has 2 aromatic rings. The fraction of sp³-hybridized carbons (Fsp3) is 0.333. The molecule has 6 heteroatoms. The van der Waals surface area contributed by atoms with Crippen LogP contribution in [0.25, 0.3) is 0 Å². The Balaban J connectivity index is 1.63. The molecule has 1 amide bonds. The molecule has 0 spiro atoms. The average Bonchev–Trinajstić information content (AvgIpc) is 2.83. The summed E-state index contributed by atoms with van der Waals surface area (Å²) in [7, 11) is 0. The number of carbonyl (C=O) groups excluding carboxylic acids is 1. The molecule has 2 heterocycles. The van der Waals surface area contributed by atoms with Crippen LogP contribution in [-0.2, 0) is 11.2 Å². The fourth-order valence-corrected chi connectivity index (χ4v) is 2.86. The van der Waals surface area contributed by atoms with Gasteiger partial charge in [-0.25, -0.2) is 4.98 Å². The number of amides is 1. The second-order valence-electron chi connectivity index (χ2n) is 6.38. The molecular formula is C18H19BrN2O3. The molecule has 24 heavy (non-hydrogen) atoms. The Labute approximate surface area is 149 Å². The van der Waals surface area contributed by atoms with E-state index in [1.165, 1.54) is 0 Å². The molecule has 126 valence electrons. The number of rotatable bonds is 4. The SMILES string of the molecule is Cc1nc(NC(=O)COc2cccc3c2OC(C)(C)C3)ccc1Br. The van der Waals surface area contributed by atoms with Crippen molar-refractivity contribution in [1.29, 1.82) is 0 Å². The number of ether oxygens (including phenoxy) is 2. The first-order chi connectivity index (χ1) is 11.3. The number of nitrogens with one attached hydrogen (secondary N) is 1. The molecule has 0 aliphatic carbocycles. The van der Waals surface area contributed by atoms with Crippen molar-refractivity contribution < 1.29 is 14.3 Å². The monoisotopic (exact) mass is 390 g/mol. The Kier molecular flexibility index (Phi) is 4.49. The van der Waals surface area contributed by atoms with Crippen LogP contribution in [0.1, 0.15) is 25.1 Å². The predicted octanol–water partition coefficient (Wildman–Crippen LogP) is 3.88. The number of benzene rings is 1. The largest absolute Gasteiger partial charge is 0.483 e. The number of pyridine rings is 1. The quantitative estimate of drug-likeness (QED) is 0.859. The minimum atomic E-state index is -0.265. The van der Waals surface area contributed by atoms with Crippen molar-refractivity contribution in [3.8, 4) is 11.5 Å². The zero-order valence-corrected chi connectivity index (χ0v) is 15.4. The highest BCUT2D eigenvalue weighted by atomic mass is 79.9. The van der Waals surface area contributed by atoms with Gasteiger partial charge in [0.15, 0.2) is 18.1 Å². The molecule has 1 aliphatic rings. The molecule has 3 rings (SSSR count). The summed E-state index contributed by atoms with van der Waals surface area (Å²) in [5.41, 5.74) is 1.66. The van der Waals surface area contributed by atoms with Crippen LogP contribution in [-0.4, -0.2) is 23.1 Å². The van der Waals surface area contributed by atoms with E-state index in [1.54, 1.807) is 6.07 Å². The lowest BCUT2D eigenvalue weighted by Gasteiger charge is -2.18. The van der Waals surface area contributed by atoms with Gasteiger partial charge in [-0.2, -0.15) is 0 Å². The summed E-state index contributed by atoms with van der Waals surface area (Å²) in [6.45, 7) is 5.83. The van der Waals surface area contributed by atoms with E-state index in [9.17, 15) is 4.79 Å². The van der Waals surface area contributed by atoms with Gasteiger partial charge in [0.1, 0.15) is 11.4 Å². The molecule has 5 nitrogen and oxygen atoms in total. The smallest absolute Gasteiger partial charge is 0.263 e. The fourth-order valence-electron chi connectivity index (χ4n) is 2.64. The maximum atomic E-state index is 12.1. The molecule has 1 aromatic heterocycles. The zero-order chi connectivity index (χ0) is 17.3. The van der Waals surface area contributed by atoms with Crippen LogP contribution in [0.3, 0.4) is 0 Å². The van der Waals surface area contributed by atoms with E-state index in [4.69, 9.17) is 9.47 Å². The van der Waals surface area contributed by atoms with Crippen molar-refractivity contribution in [3.63, 3.8) is 0 Å². The summed E-state index contributed by atoms with van der Waals surface area (Å²) < 4.78 is 12.5. The summed E-state index contributed by atoms with van der Waals surface area (Å²) in [6, 6.07) is 9.33. The standard InChI is InChI=1S/C18H19BrN2O3/c1-11-13(19)7-8-15(20-11)21-16(22)10-23-14-6-4-5-12-9-18(2,3)24-17(12)14/h4-8H,9-10H2,1-3H3,(H,20,21,22). The van der Waals surface area contributed by atoms with Gasteiger partial charge in [0.25, 0.3) is 5.91 Å². The molecule has 1 N–H and O–H groups in total. The topological polar surface area (TPSA) is 60.5 Å². The van der Waals surface area contributed by atoms with Gasteiger partial charge >= 0.3 is 0 Å². The number of fused-ring (bicyclic) bond motifs is 1. The van der Waals surface area contributed by atoms with E-state index in [-0.39, 0.29) is 18.1 Å². The van der Waals surface area contributed by atoms with Crippen molar-refractivity contribution in [2.75, 3.05) is 11.9 Å². The molecule has 0 radical (unpaired) electrons. The van der Waals surface area contributed by atoms with Crippen molar-refractivity contribution in [1.82, 2.24) is 4.98 Å². The second kappa shape index (κ2) is 6.43. The zero-order valence-electron chi connectivity index (χ0n) is 13.9. The van der Waals surface area contributed by atoms with E-state index in [2.05, 4.69) is 26.2 Å². The lowest BCUT2D eigenvalue weighted by Crippen LogP contribution is -2.25. The first-order valence-electron chi connectivity index (χ1n) is 7.71. The van der Waals surface area contributed by atoms with Crippen LogP contribution in [0.5, 0.6) is 11.5 Å². The van der Waals surface area contributed by atoms with Gasteiger partial charge in [-0.15, -0.1) is 0 Å². The van der Waals surface area contributed by atoms with Gasteiger partial charge in [0.05, 0.1) is 5.69 Å². The van der Waals surface area contributed by atoms with Crippen LogP contribution in [0, 0.1) is 6.92 Å². The number of aryl methyl sites for hydroxylation is 1. The Morgan fingerprint density at radius 2 is 2.17 bits per heavy atom. The van der Waals surface area contributed by atoms with E-state index >= 15 is 0 Å².